The average Bonchev–Trinajstić information content (AvgIpc) is 2.93. The van der Waals surface area contributed by atoms with Crippen LogP contribution in [-0.2, 0) is 9.47 Å². The number of nitrogens with one attached hydrogen (secondary N) is 1. The van der Waals surface area contributed by atoms with Crippen LogP contribution in [0.1, 0.15) is 15.9 Å². The molecule has 0 saturated carbocycles. The molecule has 2 aliphatic heterocycles. The van der Waals surface area contributed by atoms with Gasteiger partial charge in [0.15, 0.2) is 0 Å². The highest BCUT2D eigenvalue weighted by molar-refractivity contribution is 5.95. The monoisotopic (exact) mass is 366 g/mol. The van der Waals surface area contributed by atoms with E-state index in [4.69, 9.17) is 9.47 Å². The maximum Gasteiger partial charge on any atom is 0.254 e. The maximum atomic E-state index is 13.2. The first-order valence-corrected chi connectivity index (χ1v) is 9.55. The van der Waals surface area contributed by atoms with Crippen molar-refractivity contribution in [2.24, 2.45) is 0 Å². The van der Waals surface area contributed by atoms with Crippen LogP contribution in [0.2, 0.25) is 0 Å². The van der Waals surface area contributed by atoms with Crippen LogP contribution >= 0.6 is 0 Å². The number of benzene rings is 2. The topological polar surface area (TPSA) is 50.8 Å². The zero-order valence-corrected chi connectivity index (χ0v) is 15.7. The van der Waals surface area contributed by atoms with Gasteiger partial charge in [-0.3, -0.25) is 4.79 Å². The van der Waals surface area contributed by atoms with Crippen molar-refractivity contribution in [2.75, 3.05) is 46.0 Å². The third kappa shape index (κ3) is 3.90. The summed E-state index contributed by atoms with van der Waals surface area (Å²) in [6.45, 7) is 6.51. The molecule has 0 aromatic heterocycles. The van der Waals surface area contributed by atoms with E-state index in [1.54, 1.807) is 0 Å². The molecule has 1 amide bonds. The summed E-state index contributed by atoms with van der Waals surface area (Å²) in [6, 6.07) is 16.2. The molecule has 27 heavy (non-hydrogen) atoms. The lowest BCUT2D eigenvalue weighted by atomic mass is 9.98. The molecule has 0 bridgehead atoms. The van der Waals surface area contributed by atoms with Gasteiger partial charge in [0.2, 0.25) is 0 Å². The van der Waals surface area contributed by atoms with Gasteiger partial charge >= 0.3 is 0 Å². The van der Waals surface area contributed by atoms with E-state index in [-0.39, 0.29) is 5.91 Å². The second-order valence-corrected chi connectivity index (χ2v) is 7.38. The highest BCUT2D eigenvalue weighted by Gasteiger charge is 2.39. The fourth-order valence-corrected chi connectivity index (χ4v) is 3.88. The minimum Gasteiger partial charge on any atom is -0.377 e. The molecule has 2 saturated heterocycles. The molecule has 2 heterocycles. The van der Waals surface area contributed by atoms with Crippen LogP contribution in [-0.4, -0.2) is 62.4 Å². The number of hydrogen-bond donors (Lipinski definition) is 1. The van der Waals surface area contributed by atoms with E-state index in [9.17, 15) is 4.79 Å². The zero-order valence-electron chi connectivity index (χ0n) is 15.7. The molecule has 0 radical (unpaired) electrons. The fraction of sp³-hybridized carbons (Fsp3) is 0.409. The molecule has 5 heteroatoms. The number of carbonyl (C=O) groups excluding carboxylic acids is 1. The molecule has 0 unspecified atom stereocenters. The van der Waals surface area contributed by atoms with Crippen molar-refractivity contribution in [3.8, 4) is 11.1 Å². The summed E-state index contributed by atoms with van der Waals surface area (Å²) in [5, 5.41) is 3.36. The summed E-state index contributed by atoms with van der Waals surface area (Å²) >= 11 is 0. The van der Waals surface area contributed by atoms with E-state index in [0.29, 0.717) is 39.5 Å². The van der Waals surface area contributed by atoms with E-state index in [2.05, 4.69) is 30.4 Å². The first kappa shape index (κ1) is 18.2. The van der Waals surface area contributed by atoms with Crippen LogP contribution in [0.25, 0.3) is 11.1 Å². The summed E-state index contributed by atoms with van der Waals surface area (Å²) in [7, 11) is 0. The van der Waals surface area contributed by atoms with Gasteiger partial charge in [0.1, 0.15) is 5.60 Å². The minimum absolute atomic E-state index is 0.0531. The van der Waals surface area contributed by atoms with E-state index in [0.717, 1.165) is 23.2 Å². The van der Waals surface area contributed by atoms with Gasteiger partial charge in [-0.15, -0.1) is 0 Å². The maximum absolute atomic E-state index is 13.2. The molecule has 1 spiro atoms. The van der Waals surface area contributed by atoms with Crippen molar-refractivity contribution in [2.45, 2.75) is 12.5 Å². The highest BCUT2D eigenvalue weighted by atomic mass is 16.5. The molecule has 2 aromatic carbocycles. The Kier molecular flexibility index (Phi) is 5.25. The van der Waals surface area contributed by atoms with Gasteiger partial charge < -0.3 is 19.7 Å². The number of ether oxygens (including phenoxy) is 2. The van der Waals surface area contributed by atoms with Gasteiger partial charge in [0.25, 0.3) is 5.91 Å². The smallest absolute Gasteiger partial charge is 0.254 e. The molecule has 142 valence electrons. The number of carbonyl (C=O) groups is 1. The molecule has 5 nitrogen and oxygen atoms in total. The molecule has 2 aliphatic rings. The Morgan fingerprint density at radius 1 is 1.15 bits per heavy atom. The molecule has 0 aliphatic carbocycles. The van der Waals surface area contributed by atoms with Crippen molar-refractivity contribution >= 4 is 5.91 Å². The second-order valence-electron chi connectivity index (χ2n) is 7.38. The first-order chi connectivity index (χ1) is 13.2. The number of rotatable bonds is 2. The van der Waals surface area contributed by atoms with Gasteiger partial charge in [-0.1, -0.05) is 36.4 Å². The Balaban J connectivity index is 1.56. The van der Waals surface area contributed by atoms with Crippen molar-refractivity contribution in [1.29, 1.82) is 0 Å². The zero-order chi connectivity index (χ0) is 18.7. The normalized spacial score (nSPS) is 23.2. The SMILES string of the molecule is Cc1ccccc1-c1cccc(C(=O)N2CCO[C@]3(CNCCOC3)C2)c1. The summed E-state index contributed by atoms with van der Waals surface area (Å²) in [5.41, 5.74) is 3.70. The van der Waals surface area contributed by atoms with Crippen LogP contribution in [0, 0.1) is 6.92 Å². The molecule has 2 fully saturated rings. The molecule has 1 atom stereocenters. The largest absolute Gasteiger partial charge is 0.377 e. The highest BCUT2D eigenvalue weighted by Crippen LogP contribution is 2.26. The van der Waals surface area contributed by atoms with E-state index >= 15 is 0 Å². The predicted octanol–water partition coefficient (Wildman–Crippen LogP) is 2.49. The minimum atomic E-state index is -0.446. The van der Waals surface area contributed by atoms with E-state index < -0.39 is 5.60 Å². The first-order valence-electron chi connectivity index (χ1n) is 9.55. The lowest BCUT2D eigenvalue weighted by molar-refractivity contribution is -0.125. The van der Waals surface area contributed by atoms with Crippen molar-refractivity contribution < 1.29 is 14.3 Å². The van der Waals surface area contributed by atoms with Gasteiger partial charge in [0, 0.05) is 25.2 Å². The van der Waals surface area contributed by atoms with Crippen LogP contribution in [0.5, 0.6) is 0 Å². The van der Waals surface area contributed by atoms with E-state index in [1.165, 1.54) is 5.56 Å². The second kappa shape index (κ2) is 7.80. The third-order valence-corrected chi connectivity index (χ3v) is 5.34. The number of morpholine rings is 1. The molecular weight excluding hydrogens is 340 g/mol. The predicted molar refractivity (Wildman–Crippen MR) is 105 cm³/mol. The Morgan fingerprint density at radius 2 is 2.04 bits per heavy atom. The van der Waals surface area contributed by atoms with E-state index in [1.807, 2.05) is 35.2 Å². The van der Waals surface area contributed by atoms with Gasteiger partial charge in [-0.05, 0) is 35.7 Å². The van der Waals surface area contributed by atoms with Gasteiger partial charge in [0.05, 0.1) is 26.4 Å². The van der Waals surface area contributed by atoms with Crippen molar-refractivity contribution in [1.82, 2.24) is 10.2 Å². The van der Waals surface area contributed by atoms with Gasteiger partial charge in [-0.2, -0.15) is 0 Å². The fourth-order valence-electron chi connectivity index (χ4n) is 3.88. The summed E-state index contributed by atoms with van der Waals surface area (Å²) in [6.07, 6.45) is 0. The number of amides is 1. The molecule has 4 rings (SSSR count). The molecule has 2 aromatic rings. The Hall–Kier alpha value is -2.21. The summed E-state index contributed by atoms with van der Waals surface area (Å²) < 4.78 is 11.7. The number of nitrogens with zero attached hydrogens (tertiary/aromatic N) is 1. The lowest BCUT2D eigenvalue weighted by Crippen LogP contribution is -2.59. The number of aryl methyl sites for hydroxylation is 1. The Bertz CT molecular complexity index is 813. The number of hydrogen-bond acceptors (Lipinski definition) is 4. The molecule has 1 N–H and O–H groups in total. The van der Waals surface area contributed by atoms with Crippen LogP contribution in [0.3, 0.4) is 0 Å². The van der Waals surface area contributed by atoms with Crippen LogP contribution in [0.4, 0.5) is 0 Å². The van der Waals surface area contributed by atoms with Crippen molar-refractivity contribution in [3.05, 3.63) is 59.7 Å². The average molecular weight is 366 g/mol. The standard InChI is InChI=1S/C22H26N2O3/c1-17-5-2-3-8-20(17)18-6-4-7-19(13-18)21(25)24-10-12-27-22(15-24)14-23-9-11-26-16-22/h2-8,13,23H,9-12,14-16H2,1H3/t22-/m1/s1. The van der Waals surface area contributed by atoms with Crippen LogP contribution in [0.15, 0.2) is 48.5 Å². The lowest BCUT2D eigenvalue weighted by Gasteiger charge is -2.41. The molecular formula is C22H26N2O3. The Labute approximate surface area is 160 Å². The van der Waals surface area contributed by atoms with Gasteiger partial charge in [-0.25, -0.2) is 0 Å². The Morgan fingerprint density at radius 3 is 2.93 bits per heavy atom. The summed E-state index contributed by atoms with van der Waals surface area (Å²) in [5.74, 6) is 0.0531. The summed E-state index contributed by atoms with van der Waals surface area (Å²) in [4.78, 5) is 15.1. The third-order valence-electron chi connectivity index (χ3n) is 5.34. The van der Waals surface area contributed by atoms with Crippen LogP contribution < -0.4 is 5.32 Å². The quantitative estimate of drug-likeness (QED) is 0.887. The van der Waals surface area contributed by atoms with Crippen molar-refractivity contribution in [3.63, 3.8) is 0 Å².